The lowest BCUT2D eigenvalue weighted by molar-refractivity contribution is 0.572. The van der Waals surface area contributed by atoms with Gasteiger partial charge in [0.2, 0.25) is 0 Å². The monoisotopic (exact) mass is 261 g/mol. The minimum atomic E-state index is -0.592. The summed E-state index contributed by atoms with van der Waals surface area (Å²) in [6, 6.07) is 9.11. The molecule has 0 saturated heterocycles. The van der Waals surface area contributed by atoms with Gasteiger partial charge in [-0.2, -0.15) is 0 Å². The van der Waals surface area contributed by atoms with Gasteiger partial charge in [0, 0.05) is 12.1 Å². The summed E-state index contributed by atoms with van der Waals surface area (Å²) in [4.78, 5) is 0. The first-order valence-electron chi connectivity index (χ1n) is 6.23. The van der Waals surface area contributed by atoms with E-state index in [1.165, 1.54) is 23.3 Å². The Bertz CT molecular complexity index is 573. The minimum Gasteiger partial charge on any atom is -0.324 e. The lowest BCUT2D eigenvalue weighted by Crippen LogP contribution is -2.14. The molecule has 0 aliphatic heterocycles. The number of nitrogens with two attached hydrogens (primary N) is 1. The second-order valence-corrected chi connectivity index (χ2v) is 4.93. The third-order valence-corrected chi connectivity index (χ3v) is 3.34. The Hall–Kier alpha value is -1.74. The van der Waals surface area contributed by atoms with Crippen molar-refractivity contribution in [3.05, 3.63) is 70.3 Å². The van der Waals surface area contributed by atoms with Gasteiger partial charge in [-0.25, -0.2) is 8.78 Å². The van der Waals surface area contributed by atoms with Crippen LogP contribution in [0.25, 0.3) is 0 Å². The highest BCUT2D eigenvalue weighted by Crippen LogP contribution is 2.20. The lowest BCUT2D eigenvalue weighted by atomic mass is 9.97. The molecule has 1 nitrogen and oxygen atoms in total. The standard InChI is InChI=1S/C16H17F2N/c1-10-3-4-12(5-11(10)2)6-16(19)13-7-14(17)9-15(18)8-13/h3-5,7-9,16H,6,19H2,1-2H3. The number of aryl methyl sites for hydroxylation is 2. The zero-order chi connectivity index (χ0) is 14.0. The topological polar surface area (TPSA) is 26.0 Å². The molecule has 0 spiro atoms. The van der Waals surface area contributed by atoms with Crippen LogP contribution in [-0.4, -0.2) is 0 Å². The average Bonchev–Trinajstić information content (AvgIpc) is 2.32. The first-order chi connectivity index (χ1) is 8.95. The molecule has 0 fully saturated rings. The Balaban J connectivity index is 2.20. The summed E-state index contributed by atoms with van der Waals surface area (Å²) in [6.45, 7) is 4.08. The van der Waals surface area contributed by atoms with Gasteiger partial charge in [0.05, 0.1) is 0 Å². The second kappa shape index (κ2) is 5.49. The van der Waals surface area contributed by atoms with Crippen molar-refractivity contribution >= 4 is 0 Å². The van der Waals surface area contributed by atoms with Crippen molar-refractivity contribution in [2.24, 2.45) is 5.73 Å². The van der Waals surface area contributed by atoms with E-state index in [1.807, 2.05) is 26.0 Å². The van der Waals surface area contributed by atoms with Crippen LogP contribution in [0.15, 0.2) is 36.4 Å². The van der Waals surface area contributed by atoms with Crippen molar-refractivity contribution in [1.82, 2.24) is 0 Å². The van der Waals surface area contributed by atoms with Gasteiger partial charge >= 0.3 is 0 Å². The quantitative estimate of drug-likeness (QED) is 0.893. The van der Waals surface area contributed by atoms with Gasteiger partial charge in [-0.15, -0.1) is 0 Å². The van der Waals surface area contributed by atoms with Crippen LogP contribution in [0.3, 0.4) is 0 Å². The molecule has 19 heavy (non-hydrogen) atoms. The van der Waals surface area contributed by atoms with Crippen LogP contribution >= 0.6 is 0 Å². The van der Waals surface area contributed by atoms with E-state index >= 15 is 0 Å². The molecule has 3 heteroatoms. The Labute approximate surface area is 112 Å². The zero-order valence-electron chi connectivity index (χ0n) is 11.1. The average molecular weight is 261 g/mol. The van der Waals surface area contributed by atoms with Crippen LogP contribution in [0.4, 0.5) is 8.78 Å². The molecule has 0 saturated carbocycles. The molecular weight excluding hydrogens is 244 g/mol. The Kier molecular flexibility index (Phi) is 3.96. The van der Waals surface area contributed by atoms with Crippen LogP contribution in [0.1, 0.15) is 28.3 Å². The van der Waals surface area contributed by atoms with Gasteiger partial charge in [-0.05, 0) is 54.7 Å². The highest BCUT2D eigenvalue weighted by molar-refractivity contribution is 5.31. The number of halogens is 2. The molecule has 0 heterocycles. The van der Waals surface area contributed by atoms with Gasteiger partial charge in [-0.1, -0.05) is 18.2 Å². The molecule has 0 aliphatic rings. The summed E-state index contributed by atoms with van der Waals surface area (Å²) in [5.74, 6) is -1.18. The molecule has 100 valence electrons. The first kappa shape index (κ1) is 13.7. The number of rotatable bonds is 3. The van der Waals surface area contributed by atoms with Crippen LogP contribution in [-0.2, 0) is 6.42 Å². The van der Waals surface area contributed by atoms with Gasteiger partial charge in [0.25, 0.3) is 0 Å². The molecule has 2 rings (SSSR count). The van der Waals surface area contributed by atoms with Gasteiger partial charge in [0.1, 0.15) is 11.6 Å². The number of benzene rings is 2. The summed E-state index contributed by atoms with van der Waals surface area (Å²) in [6.07, 6.45) is 0.560. The summed E-state index contributed by atoms with van der Waals surface area (Å²) < 4.78 is 26.3. The molecule has 0 aliphatic carbocycles. The van der Waals surface area contributed by atoms with E-state index < -0.39 is 17.7 Å². The third-order valence-electron chi connectivity index (χ3n) is 3.34. The number of hydrogen-bond acceptors (Lipinski definition) is 1. The highest BCUT2D eigenvalue weighted by Gasteiger charge is 2.10. The molecule has 0 amide bonds. The molecule has 2 aromatic carbocycles. The maximum absolute atomic E-state index is 13.1. The zero-order valence-corrected chi connectivity index (χ0v) is 11.1. The van der Waals surface area contributed by atoms with Crippen LogP contribution in [0.5, 0.6) is 0 Å². The Morgan fingerprint density at radius 1 is 0.947 bits per heavy atom. The second-order valence-electron chi connectivity index (χ2n) is 4.93. The minimum absolute atomic E-state index is 0.410. The van der Waals surface area contributed by atoms with Crippen molar-refractivity contribution in [3.63, 3.8) is 0 Å². The molecule has 1 atom stereocenters. The summed E-state index contributed by atoms with van der Waals surface area (Å²) >= 11 is 0. The highest BCUT2D eigenvalue weighted by atomic mass is 19.1. The van der Waals surface area contributed by atoms with Gasteiger partial charge in [0.15, 0.2) is 0 Å². The fourth-order valence-corrected chi connectivity index (χ4v) is 2.09. The Morgan fingerprint density at radius 3 is 2.16 bits per heavy atom. The predicted molar refractivity (Wildman–Crippen MR) is 72.9 cm³/mol. The molecule has 1 unspecified atom stereocenters. The third kappa shape index (κ3) is 3.38. The molecule has 2 aromatic rings. The smallest absolute Gasteiger partial charge is 0.126 e. The SMILES string of the molecule is Cc1ccc(CC(N)c2cc(F)cc(F)c2)cc1C. The molecule has 0 radical (unpaired) electrons. The molecule has 0 aromatic heterocycles. The van der Waals surface area contributed by atoms with E-state index in [0.29, 0.717) is 12.0 Å². The Morgan fingerprint density at radius 2 is 1.58 bits per heavy atom. The van der Waals surface area contributed by atoms with E-state index in [2.05, 4.69) is 6.07 Å². The van der Waals surface area contributed by atoms with Crippen LogP contribution in [0.2, 0.25) is 0 Å². The predicted octanol–water partition coefficient (Wildman–Crippen LogP) is 3.82. The molecule has 0 bridgehead atoms. The largest absolute Gasteiger partial charge is 0.324 e. The number of hydrogen-bond donors (Lipinski definition) is 1. The summed E-state index contributed by atoms with van der Waals surface area (Å²) in [5.41, 5.74) is 9.98. The lowest BCUT2D eigenvalue weighted by Gasteiger charge is -2.13. The van der Waals surface area contributed by atoms with Crippen molar-refractivity contribution in [2.75, 3.05) is 0 Å². The first-order valence-corrected chi connectivity index (χ1v) is 6.23. The van der Waals surface area contributed by atoms with Crippen molar-refractivity contribution < 1.29 is 8.78 Å². The summed E-state index contributed by atoms with van der Waals surface area (Å²) in [5, 5.41) is 0. The van der Waals surface area contributed by atoms with Crippen molar-refractivity contribution in [2.45, 2.75) is 26.3 Å². The van der Waals surface area contributed by atoms with Crippen LogP contribution in [0, 0.1) is 25.5 Å². The maximum Gasteiger partial charge on any atom is 0.126 e. The fourth-order valence-electron chi connectivity index (χ4n) is 2.09. The van der Waals surface area contributed by atoms with Gasteiger partial charge in [-0.3, -0.25) is 0 Å². The van der Waals surface area contributed by atoms with E-state index in [1.54, 1.807) is 0 Å². The van der Waals surface area contributed by atoms with Crippen molar-refractivity contribution in [3.8, 4) is 0 Å². The maximum atomic E-state index is 13.1. The van der Waals surface area contributed by atoms with E-state index in [0.717, 1.165) is 11.6 Å². The van der Waals surface area contributed by atoms with E-state index in [9.17, 15) is 8.78 Å². The normalized spacial score (nSPS) is 12.5. The van der Waals surface area contributed by atoms with E-state index in [4.69, 9.17) is 5.73 Å². The fraction of sp³-hybridized carbons (Fsp3) is 0.250. The van der Waals surface area contributed by atoms with E-state index in [-0.39, 0.29) is 0 Å². The summed E-state index contributed by atoms with van der Waals surface area (Å²) in [7, 11) is 0. The molecular formula is C16H17F2N. The van der Waals surface area contributed by atoms with Crippen LogP contribution < -0.4 is 5.73 Å². The molecule has 2 N–H and O–H groups in total. The van der Waals surface area contributed by atoms with Gasteiger partial charge < -0.3 is 5.73 Å². The van der Waals surface area contributed by atoms with Crippen molar-refractivity contribution in [1.29, 1.82) is 0 Å².